The molecule has 0 bridgehead atoms. The molecule has 1 unspecified atom stereocenters. The minimum absolute atomic E-state index is 0.458. The van der Waals surface area contributed by atoms with E-state index in [0.717, 1.165) is 5.57 Å². The van der Waals surface area contributed by atoms with Crippen molar-refractivity contribution in [3.63, 3.8) is 0 Å². The molecule has 1 aliphatic heterocycles. The summed E-state index contributed by atoms with van der Waals surface area (Å²) in [5.41, 5.74) is 8.80. The van der Waals surface area contributed by atoms with Gasteiger partial charge in [0.2, 0.25) is 0 Å². The molecule has 0 aromatic rings. The Morgan fingerprint density at radius 1 is 1.88 bits per heavy atom. The van der Waals surface area contributed by atoms with Crippen molar-refractivity contribution in [2.24, 2.45) is 5.73 Å². The molecule has 3 N–H and O–H groups in total. The first-order valence-corrected chi connectivity index (χ1v) is 2.52. The fraction of sp³-hybridized carbons (Fsp3) is 0.600. The van der Waals surface area contributed by atoms with Gasteiger partial charge in [-0.05, 0) is 13.8 Å². The van der Waals surface area contributed by atoms with Crippen molar-refractivity contribution in [2.45, 2.75) is 19.5 Å². The molecule has 3 nitrogen and oxygen atoms in total. The maximum atomic E-state index is 5.62. The first-order chi connectivity index (χ1) is 3.63. The molecule has 0 aromatic heterocycles. The van der Waals surface area contributed by atoms with E-state index in [-0.39, 0.29) is 0 Å². The van der Waals surface area contributed by atoms with Gasteiger partial charge < -0.3 is 10.6 Å². The van der Waals surface area contributed by atoms with E-state index < -0.39 is 5.66 Å². The van der Waals surface area contributed by atoms with Crippen molar-refractivity contribution < 1.29 is 4.84 Å². The zero-order valence-electron chi connectivity index (χ0n) is 5.06. The summed E-state index contributed by atoms with van der Waals surface area (Å²) in [5, 5.41) is 0. The molecule has 0 saturated carbocycles. The van der Waals surface area contributed by atoms with Crippen LogP contribution in [-0.2, 0) is 4.84 Å². The molecule has 0 aliphatic carbocycles. The fourth-order valence-corrected chi connectivity index (χ4v) is 0.443. The van der Waals surface area contributed by atoms with Crippen LogP contribution in [0.25, 0.3) is 0 Å². The summed E-state index contributed by atoms with van der Waals surface area (Å²) >= 11 is 0. The highest BCUT2D eigenvalue weighted by atomic mass is 16.6. The van der Waals surface area contributed by atoms with E-state index in [1.165, 1.54) is 0 Å². The summed E-state index contributed by atoms with van der Waals surface area (Å²) in [7, 11) is 0. The highest BCUT2D eigenvalue weighted by Crippen LogP contribution is 2.13. The predicted molar refractivity (Wildman–Crippen MR) is 30.6 cm³/mol. The Morgan fingerprint density at radius 2 is 2.50 bits per heavy atom. The van der Waals surface area contributed by atoms with E-state index in [1.807, 2.05) is 13.8 Å². The van der Waals surface area contributed by atoms with Crippen LogP contribution in [0.2, 0.25) is 0 Å². The van der Waals surface area contributed by atoms with Crippen molar-refractivity contribution in [1.82, 2.24) is 5.48 Å². The van der Waals surface area contributed by atoms with Gasteiger partial charge in [-0.1, -0.05) is 0 Å². The molecule has 46 valence electrons. The molecule has 1 rings (SSSR count). The van der Waals surface area contributed by atoms with Gasteiger partial charge in [-0.3, -0.25) is 0 Å². The SMILES string of the molecule is CC1=CONC1(C)N. The molecule has 8 heavy (non-hydrogen) atoms. The molecule has 1 atom stereocenters. The van der Waals surface area contributed by atoms with Crippen LogP contribution < -0.4 is 11.2 Å². The topological polar surface area (TPSA) is 47.3 Å². The number of hydrogen-bond acceptors (Lipinski definition) is 3. The second-order valence-corrected chi connectivity index (χ2v) is 2.22. The first kappa shape index (κ1) is 5.59. The van der Waals surface area contributed by atoms with E-state index in [4.69, 9.17) is 10.6 Å². The molecular weight excluding hydrogens is 104 g/mol. The van der Waals surface area contributed by atoms with E-state index in [0.29, 0.717) is 0 Å². The molecule has 0 radical (unpaired) electrons. The third kappa shape index (κ3) is 0.700. The van der Waals surface area contributed by atoms with Gasteiger partial charge in [0.25, 0.3) is 0 Å². The molecule has 0 aromatic carbocycles. The van der Waals surface area contributed by atoms with Crippen molar-refractivity contribution in [3.8, 4) is 0 Å². The highest BCUT2D eigenvalue weighted by molar-refractivity contribution is 5.13. The van der Waals surface area contributed by atoms with Gasteiger partial charge in [-0.25, -0.2) is 0 Å². The second kappa shape index (κ2) is 1.47. The standard InChI is InChI=1S/C5H10N2O/c1-4-3-8-7-5(4,2)6/h3,7H,6H2,1-2H3. The Bertz CT molecular complexity index is 128. The fourth-order valence-electron chi connectivity index (χ4n) is 0.443. The van der Waals surface area contributed by atoms with Crippen LogP contribution in [0.5, 0.6) is 0 Å². The lowest BCUT2D eigenvalue weighted by Gasteiger charge is -2.16. The van der Waals surface area contributed by atoms with Crippen molar-refractivity contribution in [3.05, 3.63) is 11.8 Å². The Labute approximate surface area is 48.5 Å². The number of hydrogen-bond donors (Lipinski definition) is 2. The maximum Gasteiger partial charge on any atom is 0.122 e. The monoisotopic (exact) mass is 114 g/mol. The Kier molecular flexibility index (Phi) is 1.03. The number of rotatable bonds is 0. The molecule has 0 spiro atoms. The minimum atomic E-state index is -0.458. The number of nitrogens with two attached hydrogens (primary N) is 1. The first-order valence-electron chi connectivity index (χ1n) is 2.52. The summed E-state index contributed by atoms with van der Waals surface area (Å²) < 4.78 is 0. The van der Waals surface area contributed by atoms with Crippen LogP contribution in [0.4, 0.5) is 0 Å². The summed E-state index contributed by atoms with van der Waals surface area (Å²) in [4.78, 5) is 4.73. The van der Waals surface area contributed by atoms with Crippen LogP contribution >= 0.6 is 0 Å². The van der Waals surface area contributed by atoms with E-state index >= 15 is 0 Å². The predicted octanol–water partition coefficient (Wildman–Crippen LogP) is 0.0999. The van der Waals surface area contributed by atoms with Crippen molar-refractivity contribution in [1.29, 1.82) is 0 Å². The lowest BCUT2D eigenvalue weighted by Crippen LogP contribution is -2.47. The average Bonchev–Trinajstić information content (AvgIpc) is 1.86. The van der Waals surface area contributed by atoms with Crippen LogP contribution in [0.1, 0.15) is 13.8 Å². The molecule has 0 amide bonds. The zero-order chi connectivity index (χ0) is 6.20. The van der Waals surface area contributed by atoms with Crippen LogP contribution in [0, 0.1) is 0 Å². The van der Waals surface area contributed by atoms with Gasteiger partial charge in [0.15, 0.2) is 0 Å². The third-order valence-electron chi connectivity index (χ3n) is 1.33. The molecule has 1 heterocycles. The third-order valence-corrected chi connectivity index (χ3v) is 1.33. The Morgan fingerprint density at radius 3 is 2.62 bits per heavy atom. The van der Waals surface area contributed by atoms with Gasteiger partial charge in [0, 0.05) is 5.57 Å². The minimum Gasteiger partial charge on any atom is -0.414 e. The van der Waals surface area contributed by atoms with E-state index in [9.17, 15) is 0 Å². The molecular formula is C5H10N2O. The van der Waals surface area contributed by atoms with Crippen LogP contribution in [0.15, 0.2) is 11.8 Å². The summed E-state index contributed by atoms with van der Waals surface area (Å²) in [6.45, 7) is 3.77. The Balaban J connectivity index is 2.73. The highest BCUT2D eigenvalue weighted by Gasteiger charge is 2.25. The van der Waals surface area contributed by atoms with Gasteiger partial charge in [0.05, 0.1) is 0 Å². The summed E-state index contributed by atoms with van der Waals surface area (Å²) in [6, 6.07) is 0. The van der Waals surface area contributed by atoms with Crippen molar-refractivity contribution in [2.75, 3.05) is 0 Å². The molecule has 1 aliphatic rings. The lowest BCUT2D eigenvalue weighted by molar-refractivity contribution is 0.107. The molecule has 0 fully saturated rings. The smallest absolute Gasteiger partial charge is 0.122 e. The number of hydroxylamine groups is 1. The number of nitrogens with one attached hydrogen (secondary N) is 1. The maximum absolute atomic E-state index is 5.62. The molecule has 3 heteroatoms. The molecule has 0 saturated heterocycles. The lowest BCUT2D eigenvalue weighted by atomic mass is 10.1. The van der Waals surface area contributed by atoms with E-state index in [1.54, 1.807) is 6.26 Å². The quantitative estimate of drug-likeness (QED) is 0.469. The van der Waals surface area contributed by atoms with Gasteiger partial charge in [-0.2, -0.15) is 0 Å². The normalized spacial score (nSPS) is 36.6. The van der Waals surface area contributed by atoms with Crippen molar-refractivity contribution >= 4 is 0 Å². The van der Waals surface area contributed by atoms with Gasteiger partial charge in [0.1, 0.15) is 11.9 Å². The second-order valence-electron chi connectivity index (χ2n) is 2.22. The zero-order valence-corrected chi connectivity index (χ0v) is 5.06. The average molecular weight is 114 g/mol. The van der Waals surface area contributed by atoms with Gasteiger partial charge in [-0.15, -0.1) is 5.48 Å². The van der Waals surface area contributed by atoms with Gasteiger partial charge >= 0.3 is 0 Å². The van der Waals surface area contributed by atoms with Crippen LogP contribution in [0.3, 0.4) is 0 Å². The van der Waals surface area contributed by atoms with E-state index in [2.05, 4.69) is 5.48 Å². The summed E-state index contributed by atoms with van der Waals surface area (Å²) in [5.74, 6) is 0. The van der Waals surface area contributed by atoms with Crippen LogP contribution in [-0.4, -0.2) is 5.66 Å². The summed E-state index contributed by atoms with van der Waals surface area (Å²) in [6.07, 6.45) is 1.61. The Hall–Kier alpha value is -0.540. The largest absolute Gasteiger partial charge is 0.414 e.